The predicted octanol–water partition coefficient (Wildman–Crippen LogP) is 1.72. The topological polar surface area (TPSA) is 74.8 Å². The maximum atomic E-state index is 12.1. The maximum Gasteiger partial charge on any atom is 0.244 e. The predicted molar refractivity (Wildman–Crippen MR) is 70.8 cm³/mol. The van der Waals surface area contributed by atoms with Crippen LogP contribution in [0.1, 0.15) is 25.2 Å². The fourth-order valence-electron chi connectivity index (χ4n) is 1.43. The van der Waals surface area contributed by atoms with E-state index in [0.717, 1.165) is 0 Å². The quantitative estimate of drug-likeness (QED) is 0.810. The molecule has 1 rings (SSSR count). The van der Waals surface area contributed by atoms with E-state index < -0.39 is 10.0 Å². The first-order valence-corrected chi connectivity index (χ1v) is 7.81. The molecule has 1 aromatic heterocycles. The number of nitrogens with zero attached hydrogens (tertiary/aromatic N) is 1. The minimum absolute atomic E-state index is 0.116. The number of aromatic nitrogens is 2. The molecule has 0 aliphatic rings. The van der Waals surface area contributed by atoms with Gasteiger partial charge in [0.2, 0.25) is 10.0 Å². The standard InChI is InChI=1S/C10H18BrN3O2S/c1-6(2)9(11)5-12-17(15,16)10-7(3)13-14-8(10)4/h6,9,12H,5H2,1-4H3,(H,13,14). The molecular weight excluding hydrogens is 306 g/mol. The summed E-state index contributed by atoms with van der Waals surface area (Å²) in [6.07, 6.45) is 0. The van der Waals surface area contributed by atoms with Gasteiger partial charge in [0.15, 0.2) is 0 Å². The molecule has 17 heavy (non-hydrogen) atoms. The highest BCUT2D eigenvalue weighted by Crippen LogP contribution is 2.17. The molecule has 0 aliphatic heterocycles. The minimum atomic E-state index is -3.48. The van der Waals surface area contributed by atoms with E-state index in [-0.39, 0.29) is 9.72 Å². The summed E-state index contributed by atoms with van der Waals surface area (Å²) in [6, 6.07) is 0. The molecule has 7 heteroatoms. The van der Waals surface area contributed by atoms with Crippen LogP contribution in [-0.2, 0) is 10.0 Å². The third-order valence-electron chi connectivity index (χ3n) is 2.52. The molecule has 1 aromatic rings. The van der Waals surface area contributed by atoms with Gasteiger partial charge in [0, 0.05) is 11.4 Å². The zero-order chi connectivity index (χ0) is 13.2. The lowest BCUT2D eigenvalue weighted by molar-refractivity contribution is 0.562. The molecule has 0 aliphatic carbocycles. The first-order chi connectivity index (χ1) is 7.75. The summed E-state index contributed by atoms with van der Waals surface area (Å²) in [5.41, 5.74) is 1.05. The van der Waals surface area contributed by atoms with E-state index in [1.807, 2.05) is 13.8 Å². The molecule has 0 spiro atoms. The van der Waals surface area contributed by atoms with Crippen molar-refractivity contribution in [1.29, 1.82) is 0 Å². The second kappa shape index (κ2) is 5.49. The molecule has 0 bridgehead atoms. The summed E-state index contributed by atoms with van der Waals surface area (Å²) in [4.78, 5) is 0.366. The van der Waals surface area contributed by atoms with Crippen molar-refractivity contribution in [3.05, 3.63) is 11.4 Å². The number of nitrogens with one attached hydrogen (secondary N) is 2. The lowest BCUT2D eigenvalue weighted by Crippen LogP contribution is -2.32. The molecule has 0 fully saturated rings. The Morgan fingerprint density at radius 1 is 1.41 bits per heavy atom. The van der Waals surface area contributed by atoms with Crippen molar-refractivity contribution in [2.45, 2.75) is 37.4 Å². The van der Waals surface area contributed by atoms with Crippen LogP contribution in [0.3, 0.4) is 0 Å². The van der Waals surface area contributed by atoms with Gasteiger partial charge in [-0.2, -0.15) is 5.10 Å². The van der Waals surface area contributed by atoms with Gasteiger partial charge in [0.1, 0.15) is 4.90 Å². The van der Waals surface area contributed by atoms with Crippen LogP contribution in [0.5, 0.6) is 0 Å². The third-order valence-corrected chi connectivity index (χ3v) is 5.59. The number of rotatable bonds is 5. The Labute approximate surface area is 111 Å². The first-order valence-electron chi connectivity index (χ1n) is 5.41. The van der Waals surface area contributed by atoms with Crippen LogP contribution in [0.25, 0.3) is 0 Å². The van der Waals surface area contributed by atoms with Crippen LogP contribution in [0.2, 0.25) is 0 Å². The number of alkyl halides is 1. The van der Waals surface area contributed by atoms with Crippen molar-refractivity contribution in [3.63, 3.8) is 0 Å². The Balaban J connectivity index is 2.84. The number of H-pyrrole nitrogens is 1. The Morgan fingerprint density at radius 2 is 2.00 bits per heavy atom. The number of halogens is 1. The van der Waals surface area contributed by atoms with Crippen LogP contribution in [-0.4, -0.2) is 30.0 Å². The molecule has 0 saturated carbocycles. The average molecular weight is 324 g/mol. The normalized spacial score (nSPS) is 14.2. The highest BCUT2D eigenvalue weighted by atomic mass is 79.9. The lowest BCUT2D eigenvalue weighted by atomic mass is 10.1. The van der Waals surface area contributed by atoms with Gasteiger partial charge in [-0.25, -0.2) is 13.1 Å². The van der Waals surface area contributed by atoms with Gasteiger partial charge in [-0.1, -0.05) is 29.8 Å². The smallest absolute Gasteiger partial charge is 0.244 e. The van der Waals surface area contributed by atoms with Gasteiger partial charge in [-0.15, -0.1) is 0 Å². The van der Waals surface area contributed by atoms with Crippen molar-refractivity contribution in [2.24, 2.45) is 5.92 Å². The highest BCUT2D eigenvalue weighted by Gasteiger charge is 2.23. The van der Waals surface area contributed by atoms with Gasteiger partial charge in [0.25, 0.3) is 0 Å². The number of aromatic amines is 1. The molecule has 1 unspecified atom stereocenters. The van der Waals surface area contributed by atoms with Crippen LogP contribution < -0.4 is 4.72 Å². The van der Waals surface area contributed by atoms with Gasteiger partial charge in [0.05, 0.1) is 11.4 Å². The van der Waals surface area contributed by atoms with Crippen LogP contribution in [0.4, 0.5) is 0 Å². The lowest BCUT2D eigenvalue weighted by Gasteiger charge is -2.14. The van der Waals surface area contributed by atoms with Crippen molar-refractivity contribution in [1.82, 2.24) is 14.9 Å². The van der Waals surface area contributed by atoms with Gasteiger partial charge < -0.3 is 0 Å². The molecule has 98 valence electrons. The number of hydrogen-bond donors (Lipinski definition) is 2. The first kappa shape index (κ1) is 14.7. The molecule has 1 atom stereocenters. The minimum Gasteiger partial charge on any atom is -0.281 e. The van der Waals surface area contributed by atoms with Crippen molar-refractivity contribution < 1.29 is 8.42 Å². The fraction of sp³-hybridized carbons (Fsp3) is 0.700. The SMILES string of the molecule is Cc1n[nH]c(C)c1S(=O)(=O)NCC(Br)C(C)C. The summed E-state index contributed by atoms with van der Waals surface area (Å²) < 4.78 is 26.7. The largest absolute Gasteiger partial charge is 0.281 e. The number of sulfonamides is 1. The Kier molecular flexibility index (Phi) is 4.74. The Hall–Kier alpha value is -0.400. The summed E-state index contributed by atoms with van der Waals surface area (Å²) in [5.74, 6) is 0.365. The van der Waals surface area contributed by atoms with E-state index in [0.29, 0.717) is 23.9 Å². The third kappa shape index (κ3) is 3.53. The number of aryl methyl sites for hydroxylation is 2. The van der Waals surface area contributed by atoms with E-state index in [1.165, 1.54) is 0 Å². The van der Waals surface area contributed by atoms with E-state index in [9.17, 15) is 8.42 Å². The zero-order valence-electron chi connectivity index (χ0n) is 10.4. The number of hydrogen-bond acceptors (Lipinski definition) is 3. The summed E-state index contributed by atoms with van der Waals surface area (Å²) in [7, 11) is -3.48. The monoisotopic (exact) mass is 323 g/mol. The Morgan fingerprint density at radius 3 is 2.41 bits per heavy atom. The molecule has 0 aromatic carbocycles. The van der Waals surface area contributed by atoms with Crippen LogP contribution in [0.15, 0.2) is 4.90 Å². The molecule has 0 saturated heterocycles. The van der Waals surface area contributed by atoms with Crippen LogP contribution in [0, 0.1) is 19.8 Å². The van der Waals surface area contributed by atoms with E-state index in [4.69, 9.17) is 0 Å². The maximum absolute atomic E-state index is 12.1. The summed E-state index contributed by atoms with van der Waals surface area (Å²) >= 11 is 3.44. The van der Waals surface area contributed by atoms with Crippen molar-refractivity contribution in [3.8, 4) is 0 Å². The van der Waals surface area contributed by atoms with E-state index >= 15 is 0 Å². The fourth-order valence-corrected chi connectivity index (χ4v) is 3.24. The average Bonchev–Trinajstić information content (AvgIpc) is 2.55. The van der Waals surface area contributed by atoms with Crippen LogP contribution >= 0.6 is 15.9 Å². The van der Waals surface area contributed by atoms with Gasteiger partial charge in [-0.3, -0.25) is 5.10 Å². The Bertz CT molecular complexity index is 462. The van der Waals surface area contributed by atoms with Crippen molar-refractivity contribution >= 4 is 26.0 Å². The second-order valence-corrected chi connectivity index (χ2v) is 7.25. The summed E-state index contributed by atoms with van der Waals surface area (Å²) in [5, 5.41) is 6.56. The molecule has 5 nitrogen and oxygen atoms in total. The highest BCUT2D eigenvalue weighted by molar-refractivity contribution is 9.09. The molecular formula is C10H18BrN3O2S. The van der Waals surface area contributed by atoms with Crippen molar-refractivity contribution in [2.75, 3.05) is 6.54 Å². The molecule has 1 heterocycles. The second-order valence-electron chi connectivity index (χ2n) is 4.38. The van der Waals surface area contributed by atoms with Gasteiger partial charge >= 0.3 is 0 Å². The molecule has 0 radical (unpaired) electrons. The van der Waals surface area contributed by atoms with Gasteiger partial charge in [-0.05, 0) is 19.8 Å². The van der Waals surface area contributed by atoms with E-state index in [2.05, 4.69) is 30.8 Å². The molecule has 0 amide bonds. The zero-order valence-corrected chi connectivity index (χ0v) is 12.8. The van der Waals surface area contributed by atoms with E-state index in [1.54, 1.807) is 13.8 Å². The summed E-state index contributed by atoms with van der Waals surface area (Å²) in [6.45, 7) is 7.79. The molecule has 2 N–H and O–H groups in total.